The molecule has 39 heavy (non-hydrogen) atoms. The van der Waals surface area contributed by atoms with Gasteiger partial charge in [-0.15, -0.1) is 0 Å². The van der Waals surface area contributed by atoms with E-state index in [0.29, 0.717) is 6.54 Å². The standard InChI is InChI=1S/C30H32F2N4O3/c31-30(32)16-26(17-30)33-18-25(15-27-28(37)29(38)35-20-34-27)24-9-7-22(8-10-24)2-1-21-3-5-23(6-4-21)19-36-11-13-39-14-12-36/h3-10,20,25-26,33,37H,11-19H2,(H,34,35,38)/t25-/m1/s1. The molecule has 0 spiro atoms. The molecule has 2 aliphatic rings. The Labute approximate surface area is 226 Å². The number of aromatic hydroxyl groups is 1. The Bertz CT molecular complexity index is 1370. The lowest BCUT2D eigenvalue weighted by Crippen LogP contribution is -2.49. The first-order valence-corrected chi connectivity index (χ1v) is 13.2. The van der Waals surface area contributed by atoms with Gasteiger partial charge in [-0.05, 0) is 35.4 Å². The SMILES string of the molecule is O=c1[nH]cnc(C[C@H](CNC2CC(F)(F)C2)c2ccc(C#Cc3ccc(CN4CCOCC4)cc3)cc2)c1O. The van der Waals surface area contributed by atoms with Crippen LogP contribution in [0.15, 0.2) is 59.7 Å². The summed E-state index contributed by atoms with van der Waals surface area (Å²) in [7, 11) is 0. The smallest absolute Gasteiger partial charge is 0.293 e. The monoisotopic (exact) mass is 534 g/mol. The molecule has 3 aromatic rings. The second-order valence-electron chi connectivity index (χ2n) is 10.3. The van der Waals surface area contributed by atoms with Gasteiger partial charge in [-0.3, -0.25) is 9.69 Å². The van der Waals surface area contributed by atoms with Gasteiger partial charge in [0.25, 0.3) is 11.5 Å². The fourth-order valence-corrected chi connectivity index (χ4v) is 4.93. The zero-order chi connectivity index (χ0) is 27.2. The molecule has 0 amide bonds. The number of H-pyrrole nitrogens is 1. The van der Waals surface area contributed by atoms with Crippen molar-refractivity contribution in [3.8, 4) is 17.6 Å². The first-order valence-electron chi connectivity index (χ1n) is 13.2. The fraction of sp³-hybridized carbons (Fsp3) is 0.400. The number of morpholine rings is 1. The Morgan fingerprint density at radius 2 is 1.72 bits per heavy atom. The van der Waals surface area contributed by atoms with Crippen molar-refractivity contribution in [2.24, 2.45) is 0 Å². The summed E-state index contributed by atoms with van der Waals surface area (Å²) in [6, 6.07) is 15.8. The van der Waals surface area contributed by atoms with Crippen LogP contribution in [0.5, 0.6) is 5.75 Å². The van der Waals surface area contributed by atoms with E-state index >= 15 is 0 Å². The van der Waals surface area contributed by atoms with Gasteiger partial charge in [-0.25, -0.2) is 13.8 Å². The van der Waals surface area contributed by atoms with E-state index in [4.69, 9.17) is 4.74 Å². The van der Waals surface area contributed by atoms with Crippen LogP contribution in [0.2, 0.25) is 0 Å². The number of ether oxygens (including phenoxy) is 1. The molecule has 0 unspecified atom stereocenters. The van der Waals surface area contributed by atoms with E-state index in [1.54, 1.807) is 0 Å². The third-order valence-electron chi connectivity index (χ3n) is 7.28. The minimum atomic E-state index is -2.61. The number of nitrogens with one attached hydrogen (secondary N) is 2. The number of hydrogen-bond donors (Lipinski definition) is 3. The average Bonchev–Trinajstić information content (AvgIpc) is 2.93. The molecule has 204 valence electrons. The van der Waals surface area contributed by atoms with Crippen LogP contribution in [0.4, 0.5) is 8.78 Å². The molecule has 1 atom stereocenters. The molecule has 9 heteroatoms. The minimum absolute atomic E-state index is 0.180. The predicted molar refractivity (Wildman–Crippen MR) is 144 cm³/mol. The quantitative estimate of drug-likeness (QED) is 0.384. The highest BCUT2D eigenvalue weighted by Crippen LogP contribution is 2.37. The van der Waals surface area contributed by atoms with Crippen molar-refractivity contribution in [3.05, 3.63) is 93.2 Å². The molecular weight excluding hydrogens is 502 g/mol. The summed E-state index contributed by atoms with van der Waals surface area (Å²) in [6.07, 6.45) is 1.17. The minimum Gasteiger partial charge on any atom is -0.502 e. The van der Waals surface area contributed by atoms with E-state index < -0.39 is 17.2 Å². The van der Waals surface area contributed by atoms with Crippen molar-refractivity contribution >= 4 is 0 Å². The van der Waals surface area contributed by atoms with Crippen LogP contribution in [0.25, 0.3) is 0 Å². The summed E-state index contributed by atoms with van der Waals surface area (Å²) < 4.78 is 32.0. The summed E-state index contributed by atoms with van der Waals surface area (Å²) >= 11 is 0. The molecular formula is C30H32F2N4O3. The number of aromatic amines is 1. The van der Waals surface area contributed by atoms with Gasteiger partial charge in [0.1, 0.15) is 0 Å². The maximum atomic E-state index is 13.3. The van der Waals surface area contributed by atoms with E-state index in [0.717, 1.165) is 49.5 Å². The van der Waals surface area contributed by atoms with Crippen LogP contribution < -0.4 is 10.9 Å². The van der Waals surface area contributed by atoms with Crippen LogP contribution in [0, 0.1) is 11.8 Å². The van der Waals surface area contributed by atoms with Crippen LogP contribution in [0.1, 0.15) is 46.7 Å². The maximum Gasteiger partial charge on any atom is 0.293 e. The normalized spacial score (nSPS) is 18.1. The van der Waals surface area contributed by atoms with Gasteiger partial charge in [-0.2, -0.15) is 0 Å². The maximum absolute atomic E-state index is 13.3. The van der Waals surface area contributed by atoms with E-state index in [9.17, 15) is 18.7 Å². The Balaban J connectivity index is 1.24. The number of halogens is 2. The highest BCUT2D eigenvalue weighted by molar-refractivity contribution is 5.44. The molecule has 1 aromatic heterocycles. The second-order valence-corrected chi connectivity index (χ2v) is 10.3. The lowest BCUT2D eigenvalue weighted by Gasteiger charge is -2.36. The van der Waals surface area contributed by atoms with Crippen LogP contribution in [-0.2, 0) is 17.7 Å². The lowest BCUT2D eigenvalue weighted by molar-refractivity contribution is -0.0927. The van der Waals surface area contributed by atoms with Gasteiger partial charge in [-0.1, -0.05) is 36.1 Å². The first kappa shape index (κ1) is 27.0. The topological polar surface area (TPSA) is 90.5 Å². The molecule has 1 saturated carbocycles. The molecule has 1 aliphatic carbocycles. The summed E-state index contributed by atoms with van der Waals surface area (Å²) in [5.41, 5.74) is 3.63. The zero-order valence-electron chi connectivity index (χ0n) is 21.6. The second kappa shape index (κ2) is 12.1. The molecule has 3 N–H and O–H groups in total. The van der Waals surface area contributed by atoms with Gasteiger partial charge < -0.3 is 20.1 Å². The summed E-state index contributed by atoms with van der Waals surface area (Å²) in [4.78, 5) is 20.7. The third-order valence-corrected chi connectivity index (χ3v) is 7.28. The molecule has 2 fully saturated rings. The molecule has 5 rings (SSSR count). The van der Waals surface area contributed by atoms with Gasteiger partial charge in [0.15, 0.2) is 0 Å². The number of hydrogen-bond acceptors (Lipinski definition) is 6. The Kier molecular flexibility index (Phi) is 8.36. The van der Waals surface area contributed by atoms with Crippen LogP contribution in [0.3, 0.4) is 0 Å². The summed E-state index contributed by atoms with van der Waals surface area (Å²) in [5, 5.41) is 13.4. The molecule has 1 saturated heterocycles. The summed E-state index contributed by atoms with van der Waals surface area (Å²) in [5.74, 6) is 3.20. The Morgan fingerprint density at radius 3 is 2.36 bits per heavy atom. The highest BCUT2D eigenvalue weighted by atomic mass is 19.3. The van der Waals surface area contributed by atoms with Crippen molar-refractivity contribution in [1.82, 2.24) is 20.2 Å². The largest absolute Gasteiger partial charge is 0.502 e. The first-order chi connectivity index (χ1) is 18.8. The van der Waals surface area contributed by atoms with Crippen LogP contribution in [-0.4, -0.2) is 64.8 Å². The Morgan fingerprint density at radius 1 is 1.08 bits per heavy atom. The number of benzene rings is 2. The van der Waals surface area contributed by atoms with E-state index in [2.05, 4.69) is 44.2 Å². The third kappa shape index (κ3) is 7.30. The highest BCUT2D eigenvalue weighted by Gasteiger charge is 2.45. The number of aromatic nitrogens is 2. The molecule has 1 aliphatic heterocycles. The van der Waals surface area contributed by atoms with E-state index in [1.807, 2.05) is 36.4 Å². The van der Waals surface area contributed by atoms with E-state index in [-0.39, 0.29) is 36.9 Å². The average molecular weight is 535 g/mol. The molecule has 2 heterocycles. The van der Waals surface area contributed by atoms with Gasteiger partial charge >= 0.3 is 0 Å². The predicted octanol–water partition coefficient (Wildman–Crippen LogP) is 3.42. The van der Waals surface area contributed by atoms with Crippen LogP contribution >= 0.6 is 0 Å². The number of alkyl halides is 2. The lowest BCUT2D eigenvalue weighted by atomic mass is 9.86. The molecule has 7 nitrogen and oxygen atoms in total. The van der Waals surface area contributed by atoms with Gasteiger partial charge in [0.2, 0.25) is 5.75 Å². The van der Waals surface area contributed by atoms with Crippen molar-refractivity contribution in [2.45, 2.75) is 43.7 Å². The Hall–Kier alpha value is -3.58. The number of rotatable bonds is 8. The fourth-order valence-electron chi connectivity index (χ4n) is 4.93. The van der Waals surface area contributed by atoms with Gasteiger partial charge in [0.05, 0.1) is 25.2 Å². The van der Waals surface area contributed by atoms with E-state index in [1.165, 1.54) is 11.9 Å². The van der Waals surface area contributed by atoms with Crippen molar-refractivity contribution in [1.29, 1.82) is 0 Å². The van der Waals surface area contributed by atoms with Crippen molar-refractivity contribution in [2.75, 3.05) is 32.8 Å². The number of nitrogens with zero attached hydrogens (tertiary/aromatic N) is 2. The summed E-state index contributed by atoms with van der Waals surface area (Å²) in [6.45, 7) is 4.78. The van der Waals surface area contributed by atoms with Crippen molar-refractivity contribution in [3.63, 3.8) is 0 Å². The van der Waals surface area contributed by atoms with Gasteiger partial charge in [0, 0.05) is 68.5 Å². The molecule has 2 aromatic carbocycles. The zero-order valence-corrected chi connectivity index (χ0v) is 21.6. The molecule has 0 bridgehead atoms. The molecule has 0 radical (unpaired) electrons. The van der Waals surface area contributed by atoms with Crippen molar-refractivity contribution < 1.29 is 18.6 Å².